The quantitative estimate of drug-likeness (QED) is 0.588. The first-order valence-electron chi connectivity index (χ1n) is 5.39. The van der Waals surface area contributed by atoms with Crippen molar-refractivity contribution in [1.29, 1.82) is 5.26 Å². The van der Waals surface area contributed by atoms with Crippen molar-refractivity contribution in [2.45, 2.75) is 0 Å². The molecular formula is C14H9BrIN3. The molecule has 3 nitrogen and oxygen atoms in total. The molecule has 2 N–H and O–H groups in total. The van der Waals surface area contributed by atoms with Gasteiger partial charge < -0.3 is 5.73 Å². The zero-order valence-electron chi connectivity index (χ0n) is 9.77. The molecule has 5 heteroatoms. The van der Waals surface area contributed by atoms with Gasteiger partial charge in [0.2, 0.25) is 0 Å². The Balaban J connectivity index is 2.62. The van der Waals surface area contributed by atoms with Gasteiger partial charge in [0.25, 0.3) is 0 Å². The fraction of sp³-hybridized carbons (Fsp3) is 0. The summed E-state index contributed by atoms with van der Waals surface area (Å²) in [6.45, 7) is 0. The van der Waals surface area contributed by atoms with E-state index in [4.69, 9.17) is 5.73 Å². The molecule has 0 aliphatic rings. The fourth-order valence-electron chi connectivity index (χ4n) is 1.63. The monoisotopic (exact) mass is 425 g/mol. The summed E-state index contributed by atoms with van der Waals surface area (Å²) in [7, 11) is 0. The number of rotatable bonds is 2. The van der Waals surface area contributed by atoms with Gasteiger partial charge in [-0.05, 0) is 46.9 Å². The van der Waals surface area contributed by atoms with Gasteiger partial charge in [-0.2, -0.15) is 5.26 Å². The third-order valence-corrected chi connectivity index (χ3v) is 3.98. The number of benzene rings is 1. The predicted molar refractivity (Wildman–Crippen MR) is 87.7 cm³/mol. The van der Waals surface area contributed by atoms with Crippen molar-refractivity contribution in [3.8, 4) is 6.07 Å². The Labute approximate surface area is 133 Å². The first-order valence-corrected chi connectivity index (χ1v) is 7.26. The lowest BCUT2D eigenvalue weighted by Crippen LogP contribution is -2.03. The van der Waals surface area contributed by atoms with E-state index in [1.54, 1.807) is 18.5 Å². The van der Waals surface area contributed by atoms with E-state index in [1.807, 2.05) is 24.3 Å². The molecule has 0 aliphatic carbocycles. The van der Waals surface area contributed by atoms with Crippen molar-refractivity contribution in [2.24, 2.45) is 5.73 Å². The molecule has 0 aliphatic heterocycles. The number of pyridine rings is 1. The summed E-state index contributed by atoms with van der Waals surface area (Å²) in [5, 5.41) is 9.34. The van der Waals surface area contributed by atoms with Gasteiger partial charge in [0, 0.05) is 31.6 Å². The van der Waals surface area contributed by atoms with Crippen molar-refractivity contribution in [3.05, 3.63) is 61.9 Å². The Hall–Kier alpha value is -1.39. The zero-order chi connectivity index (χ0) is 13.8. The zero-order valence-corrected chi connectivity index (χ0v) is 13.5. The molecule has 19 heavy (non-hydrogen) atoms. The molecule has 0 saturated carbocycles. The number of hydrogen-bond donors (Lipinski definition) is 1. The maximum absolute atomic E-state index is 9.34. The third kappa shape index (κ3) is 3.14. The van der Waals surface area contributed by atoms with Gasteiger partial charge >= 0.3 is 0 Å². The average molecular weight is 426 g/mol. The molecule has 1 heterocycles. The number of allylic oxidation sites excluding steroid dienone is 1. The lowest BCUT2D eigenvalue weighted by molar-refractivity contribution is 1.31. The van der Waals surface area contributed by atoms with E-state index in [0.717, 1.165) is 19.2 Å². The van der Waals surface area contributed by atoms with Crippen LogP contribution in [0.2, 0.25) is 0 Å². The second kappa shape index (κ2) is 6.17. The largest absolute Gasteiger partial charge is 0.397 e. The molecular weight excluding hydrogens is 417 g/mol. The Morgan fingerprint density at radius 2 is 2.16 bits per heavy atom. The average Bonchev–Trinajstić information content (AvgIpc) is 2.43. The van der Waals surface area contributed by atoms with Crippen LogP contribution in [0.3, 0.4) is 0 Å². The smallest absolute Gasteiger partial charge is 0.102 e. The normalized spacial score (nSPS) is 11.6. The van der Waals surface area contributed by atoms with Crippen molar-refractivity contribution >= 4 is 49.8 Å². The highest BCUT2D eigenvalue weighted by Crippen LogP contribution is 2.27. The molecule has 94 valence electrons. The summed E-state index contributed by atoms with van der Waals surface area (Å²) < 4.78 is 1.92. The van der Waals surface area contributed by atoms with Crippen LogP contribution in [0.25, 0.3) is 11.3 Å². The van der Waals surface area contributed by atoms with Gasteiger partial charge in [-0.3, -0.25) is 4.98 Å². The van der Waals surface area contributed by atoms with E-state index >= 15 is 0 Å². The lowest BCUT2D eigenvalue weighted by atomic mass is 10.0. The van der Waals surface area contributed by atoms with Gasteiger partial charge in [0.15, 0.2) is 0 Å². The van der Waals surface area contributed by atoms with Crippen molar-refractivity contribution in [2.75, 3.05) is 0 Å². The highest BCUT2D eigenvalue weighted by Gasteiger charge is 2.11. The summed E-state index contributed by atoms with van der Waals surface area (Å²) in [6, 6.07) is 11.6. The van der Waals surface area contributed by atoms with Crippen LogP contribution in [0.4, 0.5) is 0 Å². The van der Waals surface area contributed by atoms with E-state index in [-0.39, 0.29) is 0 Å². The minimum atomic E-state index is 0.434. The standard InChI is InChI=1S/C14H9BrIN3/c15-10-3-4-13(16)11(6-10)14(18)12(7-17)9-2-1-5-19-8-9/h1-6,8H,18H2/b14-12-. The Kier molecular flexibility index (Phi) is 4.56. The maximum atomic E-state index is 9.34. The molecule has 0 amide bonds. The maximum Gasteiger partial charge on any atom is 0.102 e. The minimum absolute atomic E-state index is 0.434. The molecule has 0 atom stereocenters. The number of nitrogens with zero attached hydrogens (tertiary/aromatic N) is 2. The van der Waals surface area contributed by atoms with Crippen molar-refractivity contribution in [3.63, 3.8) is 0 Å². The van der Waals surface area contributed by atoms with Crippen LogP contribution in [0, 0.1) is 14.9 Å². The molecule has 0 unspecified atom stereocenters. The predicted octanol–water partition coefficient (Wildman–Crippen LogP) is 3.80. The van der Waals surface area contributed by atoms with Crippen LogP contribution in [0.1, 0.15) is 11.1 Å². The second-order valence-electron chi connectivity index (χ2n) is 3.77. The van der Waals surface area contributed by atoms with Gasteiger partial charge in [-0.25, -0.2) is 0 Å². The topological polar surface area (TPSA) is 62.7 Å². The van der Waals surface area contributed by atoms with Crippen LogP contribution in [0.15, 0.2) is 47.2 Å². The second-order valence-corrected chi connectivity index (χ2v) is 5.84. The van der Waals surface area contributed by atoms with E-state index in [1.165, 1.54) is 0 Å². The van der Waals surface area contributed by atoms with Crippen LogP contribution in [0.5, 0.6) is 0 Å². The molecule has 0 radical (unpaired) electrons. The Morgan fingerprint density at radius 1 is 1.37 bits per heavy atom. The third-order valence-electron chi connectivity index (χ3n) is 2.55. The number of nitrogens with two attached hydrogens (primary N) is 1. The van der Waals surface area contributed by atoms with Crippen molar-refractivity contribution < 1.29 is 0 Å². The first-order chi connectivity index (χ1) is 9.13. The summed E-state index contributed by atoms with van der Waals surface area (Å²) in [6.07, 6.45) is 3.30. The number of aromatic nitrogens is 1. The number of hydrogen-bond acceptors (Lipinski definition) is 3. The number of nitriles is 1. The fourth-order valence-corrected chi connectivity index (χ4v) is 2.62. The van der Waals surface area contributed by atoms with E-state index in [2.05, 4.69) is 49.6 Å². The summed E-state index contributed by atoms with van der Waals surface area (Å²) in [5.41, 5.74) is 8.61. The lowest BCUT2D eigenvalue weighted by Gasteiger charge is -2.08. The summed E-state index contributed by atoms with van der Waals surface area (Å²) in [4.78, 5) is 4.02. The SMILES string of the molecule is N#C/C(=C(/N)c1cc(Br)ccc1I)c1cccnc1. The molecule has 2 rings (SSSR count). The van der Waals surface area contributed by atoms with Crippen LogP contribution >= 0.6 is 38.5 Å². The highest BCUT2D eigenvalue weighted by atomic mass is 127. The van der Waals surface area contributed by atoms with Gasteiger partial charge in [-0.15, -0.1) is 0 Å². The molecule has 0 fully saturated rings. The highest BCUT2D eigenvalue weighted by molar-refractivity contribution is 14.1. The molecule has 0 bridgehead atoms. The molecule has 0 spiro atoms. The van der Waals surface area contributed by atoms with E-state index < -0.39 is 0 Å². The van der Waals surface area contributed by atoms with Gasteiger partial charge in [0.1, 0.15) is 6.07 Å². The molecule has 2 aromatic rings. The van der Waals surface area contributed by atoms with Crippen LogP contribution in [-0.2, 0) is 0 Å². The van der Waals surface area contributed by atoms with Gasteiger partial charge in [-0.1, -0.05) is 22.0 Å². The Bertz CT molecular complexity index is 675. The minimum Gasteiger partial charge on any atom is -0.397 e. The van der Waals surface area contributed by atoms with Crippen molar-refractivity contribution in [1.82, 2.24) is 4.98 Å². The molecule has 1 aromatic carbocycles. The van der Waals surface area contributed by atoms with Gasteiger partial charge in [0.05, 0.1) is 11.3 Å². The van der Waals surface area contributed by atoms with Crippen LogP contribution in [-0.4, -0.2) is 4.98 Å². The Morgan fingerprint density at radius 3 is 2.79 bits per heavy atom. The number of halogens is 2. The molecule has 0 saturated heterocycles. The van der Waals surface area contributed by atoms with E-state index in [0.29, 0.717) is 11.3 Å². The first kappa shape index (κ1) is 14.0. The molecule has 1 aromatic heterocycles. The summed E-state index contributed by atoms with van der Waals surface area (Å²) >= 11 is 5.62. The summed E-state index contributed by atoms with van der Waals surface area (Å²) in [5.74, 6) is 0. The van der Waals surface area contributed by atoms with Crippen LogP contribution < -0.4 is 5.73 Å². The van der Waals surface area contributed by atoms with E-state index in [9.17, 15) is 5.26 Å².